The zero-order valence-corrected chi connectivity index (χ0v) is 17.8. The van der Waals surface area contributed by atoms with E-state index in [1.165, 1.54) is 16.8 Å². The Kier molecular flexibility index (Phi) is 7.11. The Bertz CT molecular complexity index is 724. The number of piperazine rings is 1. The topological polar surface area (TPSA) is 27.7 Å². The molecule has 0 aliphatic carbocycles. The van der Waals surface area contributed by atoms with Crippen molar-refractivity contribution in [2.24, 2.45) is 0 Å². The third-order valence-electron chi connectivity index (χ3n) is 6.17. The molecule has 1 atom stereocenters. The molecule has 1 saturated heterocycles. The molecule has 2 aromatic carbocycles. The molecule has 0 radical (unpaired) electrons. The first-order valence-corrected chi connectivity index (χ1v) is 10.4. The lowest BCUT2D eigenvalue weighted by Gasteiger charge is -2.36. The Morgan fingerprint density at radius 2 is 1.54 bits per heavy atom. The second-order valence-corrected chi connectivity index (χ2v) is 8.28. The molecular weight excluding hydrogens is 346 g/mol. The molecule has 4 heteroatoms. The summed E-state index contributed by atoms with van der Waals surface area (Å²) in [5, 5.41) is 3.64. The standard InChI is InChI=1S/C24H35N3O/c1-20(24(2,3)28-4)25-18-21-10-8-9-11-22(21)19-26-14-16-27(17-15-26)23-12-6-5-7-13-23/h5-13,20,25H,14-19H2,1-4H3/t20-/m1/s1. The lowest BCUT2D eigenvalue weighted by molar-refractivity contribution is -0.00547. The second-order valence-electron chi connectivity index (χ2n) is 8.28. The van der Waals surface area contributed by atoms with E-state index in [2.05, 4.69) is 90.5 Å². The zero-order chi connectivity index (χ0) is 20.0. The molecule has 4 nitrogen and oxygen atoms in total. The summed E-state index contributed by atoms with van der Waals surface area (Å²) in [4.78, 5) is 5.05. The molecule has 2 aromatic rings. The van der Waals surface area contributed by atoms with Gasteiger partial charge >= 0.3 is 0 Å². The van der Waals surface area contributed by atoms with Crippen molar-refractivity contribution >= 4 is 5.69 Å². The Labute approximate surface area is 170 Å². The van der Waals surface area contributed by atoms with Crippen molar-refractivity contribution in [3.05, 3.63) is 65.7 Å². The molecule has 3 rings (SSSR count). The molecule has 1 N–H and O–H groups in total. The highest BCUT2D eigenvalue weighted by Gasteiger charge is 2.25. The van der Waals surface area contributed by atoms with Crippen LogP contribution >= 0.6 is 0 Å². The molecule has 1 fully saturated rings. The van der Waals surface area contributed by atoms with Gasteiger partial charge in [0.25, 0.3) is 0 Å². The Balaban J connectivity index is 1.55. The van der Waals surface area contributed by atoms with Crippen molar-refractivity contribution in [2.75, 3.05) is 38.2 Å². The summed E-state index contributed by atoms with van der Waals surface area (Å²) in [6, 6.07) is 19.8. The van der Waals surface area contributed by atoms with E-state index >= 15 is 0 Å². The van der Waals surface area contributed by atoms with Crippen LogP contribution in [0.1, 0.15) is 31.9 Å². The van der Waals surface area contributed by atoms with E-state index in [-0.39, 0.29) is 11.6 Å². The maximum atomic E-state index is 5.61. The minimum absolute atomic E-state index is 0.178. The number of nitrogens with zero attached hydrogens (tertiary/aromatic N) is 2. The first-order valence-electron chi connectivity index (χ1n) is 10.4. The van der Waals surface area contributed by atoms with Gasteiger partial charge in [-0.3, -0.25) is 4.90 Å². The lowest BCUT2D eigenvalue weighted by atomic mass is 9.99. The Morgan fingerprint density at radius 3 is 2.18 bits per heavy atom. The van der Waals surface area contributed by atoms with Gasteiger partial charge in [0.1, 0.15) is 0 Å². The van der Waals surface area contributed by atoms with Gasteiger partial charge in [-0.15, -0.1) is 0 Å². The van der Waals surface area contributed by atoms with Crippen molar-refractivity contribution in [1.29, 1.82) is 0 Å². The monoisotopic (exact) mass is 381 g/mol. The number of rotatable bonds is 8. The molecule has 0 unspecified atom stereocenters. The molecule has 0 amide bonds. The predicted octanol–water partition coefficient (Wildman–Crippen LogP) is 3.91. The first-order chi connectivity index (χ1) is 13.5. The average molecular weight is 382 g/mol. The van der Waals surface area contributed by atoms with E-state index in [9.17, 15) is 0 Å². The van der Waals surface area contributed by atoms with Gasteiger partial charge in [-0.05, 0) is 44.0 Å². The minimum Gasteiger partial charge on any atom is -0.377 e. The molecule has 1 aliphatic heterocycles. The fourth-order valence-corrected chi connectivity index (χ4v) is 3.61. The van der Waals surface area contributed by atoms with Gasteiger partial charge in [0, 0.05) is 58.1 Å². The van der Waals surface area contributed by atoms with Crippen molar-refractivity contribution in [3.63, 3.8) is 0 Å². The van der Waals surface area contributed by atoms with Crippen LogP contribution in [0.3, 0.4) is 0 Å². The Morgan fingerprint density at radius 1 is 0.929 bits per heavy atom. The highest BCUT2D eigenvalue weighted by Crippen LogP contribution is 2.19. The maximum Gasteiger partial charge on any atom is 0.0772 e. The van der Waals surface area contributed by atoms with Crippen LogP contribution in [0.4, 0.5) is 5.69 Å². The van der Waals surface area contributed by atoms with Crippen LogP contribution in [0.2, 0.25) is 0 Å². The van der Waals surface area contributed by atoms with E-state index in [0.29, 0.717) is 0 Å². The van der Waals surface area contributed by atoms with Gasteiger partial charge in [-0.1, -0.05) is 42.5 Å². The van der Waals surface area contributed by atoms with Gasteiger partial charge in [0.05, 0.1) is 5.60 Å². The number of hydrogen-bond acceptors (Lipinski definition) is 4. The zero-order valence-electron chi connectivity index (χ0n) is 17.8. The van der Waals surface area contributed by atoms with E-state index in [0.717, 1.165) is 39.3 Å². The summed E-state index contributed by atoms with van der Waals surface area (Å²) in [5.41, 5.74) is 3.96. The summed E-state index contributed by atoms with van der Waals surface area (Å²) >= 11 is 0. The van der Waals surface area contributed by atoms with Crippen LogP contribution in [0.5, 0.6) is 0 Å². The Hall–Kier alpha value is -1.88. The predicted molar refractivity (Wildman–Crippen MR) is 118 cm³/mol. The lowest BCUT2D eigenvalue weighted by Crippen LogP contribution is -2.46. The third-order valence-corrected chi connectivity index (χ3v) is 6.17. The number of benzene rings is 2. The summed E-state index contributed by atoms with van der Waals surface area (Å²) in [7, 11) is 1.78. The number of hydrogen-bond donors (Lipinski definition) is 1. The molecule has 0 aromatic heterocycles. The van der Waals surface area contributed by atoms with Gasteiger partial charge in [-0.2, -0.15) is 0 Å². The summed E-state index contributed by atoms with van der Waals surface area (Å²) in [6.07, 6.45) is 0. The number of para-hydroxylation sites is 1. The smallest absolute Gasteiger partial charge is 0.0772 e. The van der Waals surface area contributed by atoms with E-state index in [1.807, 2.05) is 0 Å². The molecule has 28 heavy (non-hydrogen) atoms. The second kappa shape index (κ2) is 9.55. The molecule has 0 bridgehead atoms. The van der Waals surface area contributed by atoms with Crippen molar-refractivity contribution in [3.8, 4) is 0 Å². The molecule has 0 spiro atoms. The van der Waals surface area contributed by atoms with Crippen LogP contribution < -0.4 is 10.2 Å². The summed E-state index contributed by atoms with van der Waals surface area (Å²) in [6.45, 7) is 12.7. The fourth-order valence-electron chi connectivity index (χ4n) is 3.61. The quantitative estimate of drug-likeness (QED) is 0.750. The molecule has 1 aliphatic rings. The SMILES string of the molecule is COC(C)(C)[C@@H](C)NCc1ccccc1CN1CCN(c2ccccc2)CC1. The third kappa shape index (κ3) is 5.34. The number of ether oxygens (including phenoxy) is 1. The van der Waals surface area contributed by atoms with Crippen LogP contribution in [0, 0.1) is 0 Å². The van der Waals surface area contributed by atoms with Gasteiger partial charge < -0.3 is 15.0 Å². The first kappa shape index (κ1) is 20.8. The van der Waals surface area contributed by atoms with Crippen molar-refractivity contribution in [2.45, 2.75) is 45.5 Å². The van der Waals surface area contributed by atoms with Gasteiger partial charge in [0.15, 0.2) is 0 Å². The van der Waals surface area contributed by atoms with Gasteiger partial charge in [0.2, 0.25) is 0 Å². The van der Waals surface area contributed by atoms with E-state index < -0.39 is 0 Å². The van der Waals surface area contributed by atoms with E-state index in [4.69, 9.17) is 4.74 Å². The molecular formula is C24H35N3O. The average Bonchev–Trinajstić information content (AvgIpc) is 2.74. The summed E-state index contributed by atoms with van der Waals surface area (Å²) < 4.78 is 5.61. The number of nitrogens with one attached hydrogen (secondary N) is 1. The largest absolute Gasteiger partial charge is 0.377 e. The highest BCUT2D eigenvalue weighted by atomic mass is 16.5. The van der Waals surface area contributed by atoms with Crippen LogP contribution in [0.15, 0.2) is 54.6 Å². The maximum absolute atomic E-state index is 5.61. The highest BCUT2D eigenvalue weighted by molar-refractivity contribution is 5.46. The van der Waals surface area contributed by atoms with Crippen LogP contribution in [-0.4, -0.2) is 49.8 Å². The van der Waals surface area contributed by atoms with Crippen LogP contribution in [-0.2, 0) is 17.8 Å². The number of anilines is 1. The van der Waals surface area contributed by atoms with Crippen molar-refractivity contribution < 1.29 is 4.74 Å². The summed E-state index contributed by atoms with van der Waals surface area (Å²) in [5.74, 6) is 0. The van der Waals surface area contributed by atoms with Crippen molar-refractivity contribution in [1.82, 2.24) is 10.2 Å². The van der Waals surface area contributed by atoms with Crippen LogP contribution in [0.25, 0.3) is 0 Å². The minimum atomic E-state index is -0.178. The molecule has 152 valence electrons. The van der Waals surface area contributed by atoms with E-state index in [1.54, 1.807) is 7.11 Å². The number of methoxy groups -OCH3 is 1. The normalized spacial score (nSPS) is 16.9. The molecule has 0 saturated carbocycles. The van der Waals surface area contributed by atoms with Gasteiger partial charge in [-0.25, -0.2) is 0 Å². The fraction of sp³-hybridized carbons (Fsp3) is 0.500. The molecule has 1 heterocycles.